The Morgan fingerprint density at radius 3 is 2.84 bits per heavy atom. The van der Waals surface area contributed by atoms with Crippen molar-refractivity contribution in [2.75, 3.05) is 27.3 Å². The van der Waals surface area contributed by atoms with Gasteiger partial charge >= 0.3 is 0 Å². The van der Waals surface area contributed by atoms with Crippen molar-refractivity contribution in [1.82, 2.24) is 5.06 Å². The van der Waals surface area contributed by atoms with E-state index in [2.05, 4.69) is 29.3 Å². The number of nitrogens with two attached hydrogens (primary N) is 1. The summed E-state index contributed by atoms with van der Waals surface area (Å²) < 4.78 is 12.5. The van der Waals surface area contributed by atoms with Crippen molar-refractivity contribution in [3.8, 4) is 16.9 Å². The fourth-order valence-corrected chi connectivity index (χ4v) is 4.78. The van der Waals surface area contributed by atoms with Gasteiger partial charge in [-0.2, -0.15) is 0 Å². The molecule has 0 bridgehead atoms. The van der Waals surface area contributed by atoms with E-state index in [-0.39, 0.29) is 0 Å². The van der Waals surface area contributed by atoms with Gasteiger partial charge in [0.2, 0.25) is 11.7 Å². The van der Waals surface area contributed by atoms with E-state index >= 15 is 0 Å². The first-order valence-electron chi connectivity index (χ1n) is 10.7. The summed E-state index contributed by atoms with van der Waals surface area (Å²) >= 11 is 0. The molecule has 2 atom stereocenters. The first-order chi connectivity index (χ1) is 15.0. The normalized spacial score (nSPS) is 27.9. The van der Waals surface area contributed by atoms with Gasteiger partial charge in [0.25, 0.3) is 0 Å². The predicted molar refractivity (Wildman–Crippen MR) is 120 cm³/mol. The van der Waals surface area contributed by atoms with Crippen LogP contribution in [0, 0.1) is 0 Å². The summed E-state index contributed by atoms with van der Waals surface area (Å²) in [5.41, 5.74) is 8.86. The quantitative estimate of drug-likeness (QED) is 0.753. The van der Waals surface area contributed by atoms with Gasteiger partial charge in [-0.25, -0.2) is 14.9 Å². The lowest BCUT2D eigenvalue weighted by Crippen LogP contribution is -2.50. The molecule has 7 nitrogen and oxygen atoms in total. The molecule has 0 aliphatic carbocycles. The number of nitrogens with zero attached hydrogens (tertiary/aromatic N) is 3. The molecule has 0 aromatic heterocycles. The average molecular weight is 421 g/mol. The maximum Gasteiger partial charge on any atom is 0.222 e. The lowest BCUT2D eigenvalue weighted by molar-refractivity contribution is -0.209. The number of benzene rings is 2. The van der Waals surface area contributed by atoms with E-state index in [0.29, 0.717) is 19.0 Å². The van der Waals surface area contributed by atoms with Crippen molar-refractivity contribution in [2.45, 2.75) is 37.0 Å². The first kappa shape index (κ1) is 20.0. The second-order valence-electron chi connectivity index (χ2n) is 8.54. The molecular weight excluding hydrogens is 392 g/mol. The molecule has 3 aliphatic rings. The van der Waals surface area contributed by atoms with Crippen LogP contribution in [0.4, 0.5) is 0 Å². The molecule has 162 valence electrons. The van der Waals surface area contributed by atoms with Crippen LogP contribution in [0.1, 0.15) is 36.8 Å². The molecule has 2 unspecified atom stereocenters. The molecule has 5 rings (SSSR count). The molecule has 2 spiro atoms. The zero-order chi connectivity index (χ0) is 21.5. The number of fused-ring (bicyclic) bond motifs is 2. The number of hydroxylamine groups is 2. The molecule has 0 radical (unpaired) electrons. The van der Waals surface area contributed by atoms with Crippen LogP contribution < -0.4 is 10.5 Å². The minimum absolute atomic E-state index is 0.365. The first-order valence-corrected chi connectivity index (χ1v) is 10.7. The molecule has 3 aliphatic heterocycles. The molecule has 0 amide bonds. The minimum atomic E-state index is -0.918. The van der Waals surface area contributed by atoms with Crippen molar-refractivity contribution < 1.29 is 14.3 Å². The van der Waals surface area contributed by atoms with Crippen LogP contribution in [-0.4, -0.2) is 50.1 Å². The summed E-state index contributed by atoms with van der Waals surface area (Å²) in [6, 6.07) is 14.5. The molecule has 31 heavy (non-hydrogen) atoms. The van der Waals surface area contributed by atoms with Crippen LogP contribution in [-0.2, 0) is 15.3 Å². The van der Waals surface area contributed by atoms with E-state index < -0.39 is 11.3 Å². The van der Waals surface area contributed by atoms with Crippen LogP contribution in [0.3, 0.4) is 0 Å². The van der Waals surface area contributed by atoms with Gasteiger partial charge < -0.3 is 15.2 Å². The van der Waals surface area contributed by atoms with Gasteiger partial charge in [0, 0.05) is 33.3 Å². The zero-order valence-corrected chi connectivity index (χ0v) is 18.0. The SMILES string of the molecule is CN=Cc1cccc(-c2ccc3c(c2)C2(CC4(CCCCOC4)O3)N=C(N)N(C)O2)c1. The van der Waals surface area contributed by atoms with Crippen LogP contribution in [0.2, 0.25) is 0 Å². The van der Waals surface area contributed by atoms with Crippen LogP contribution in [0.25, 0.3) is 11.1 Å². The topological polar surface area (TPSA) is 81.7 Å². The van der Waals surface area contributed by atoms with Crippen molar-refractivity contribution in [2.24, 2.45) is 15.7 Å². The third kappa shape index (κ3) is 3.58. The van der Waals surface area contributed by atoms with E-state index in [9.17, 15) is 0 Å². The maximum atomic E-state index is 6.60. The Bertz CT molecular complexity index is 1040. The summed E-state index contributed by atoms with van der Waals surface area (Å²) in [5.74, 6) is 1.14. The highest BCUT2D eigenvalue weighted by atomic mass is 16.7. The maximum absolute atomic E-state index is 6.60. The number of ether oxygens (including phenoxy) is 2. The molecule has 1 saturated heterocycles. The number of hydrogen-bond acceptors (Lipinski definition) is 7. The van der Waals surface area contributed by atoms with Crippen LogP contribution in [0.15, 0.2) is 52.4 Å². The molecule has 0 saturated carbocycles. The summed E-state index contributed by atoms with van der Waals surface area (Å²) in [6.45, 7) is 1.28. The third-order valence-corrected chi connectivity index (χ3v) is 6.23. The Labute approximate surface area is 182 Å². The monoisotopic (exact) mass is 420 g/mol. The molecule has 1 fully saturated rings. The number of rotatable bonds is 2. The van der Waals surface area contributed by atoms with E-state index in [1.165, 1.54) is 0 Å². The Balaban J connectivity index is 1.61. The lowest BCUT2D eigenvalue weighted by Gasteiger charge is -2.44. The Morgan fingerprint density at radius 2 is 2.03 bits per heavy atom. The second kappa shape index (κ2) is 7.66. The van der Waals surface area contributed by atoms with Crippen LogP contribution >= 0.6 is 0 Å². The fourth-order valence-electron chi connectivity index (χ4n) is 4.78. The van der Waals surface area contributed by atoms with Gasteiger partial charge in [-0.15, -0.1) is 0 Å². The summed E-state index contributed by atoms with van der Waals surface area (Å²) in [6.07, 6.45) is 5.39. The minimum Gasteiger partial charge on any atom is -0.484 e. The second-order valence-corrected chi connectivity index (χ2v) is 8.54. The third-order valence-electron chi connectivity index (χ3n) is 6.23. The van der Waals surface area contributed by atoms with Crippen molar-refractivity contribution >= 4 is 12.2 Å². The predicted octanol–water partition coefficient (Wildman–Crippen LogP) is 3.47. The number of hydrogen-bond donors (Lipinski definition) is 1. The highest BCUT2D eigenvalue weighted by Crippen LogP contribution is 2.51. The molecule has 3 heterocycles. The van der Waals surface area contributed by atoms with Gasteiger partial charge in [0.15, 0.2) is 0 Å². The molecule has 2 aromatic rings. The lowest BCUT2D eigenvalue weighted by atomic mass is 9.81. The Morgan fingerprint density at radius 1 is 1.16 bits per heavy atom. The van der Waals surface area contributed by atoms with Gasteiger partial charge in [0.05, 0.1) is 12.2 Å². The summed E-state index contributed by atoms with van der Waals surface area (Å²) in [5, 5.41) is 1.55. The van der Waals surface area contributed by atoms with Crippen molar-refractivity contribution in [1.29, 1.82) is 0 Å². The highest BCUT2D eigenvalue weighted by Gasteiger charge is 2.54. The number of aliphatic imine (C=N–C) groups is 2. The Hall–Kier alpha value is -2.90. The van der Waals surface area contributed by atoms with Crippen molar-refractivity contribution in [3.63, 3.8) is 0 Å². The average Bonchev–Trinajstić information content (AvgIpc) is 2.90. The highest BCUT2D eigenvalue weighted by molar-refractivity contribution is 5.83. The molecular formula is C24H28N4O3. The van der Waals surface area contributed by atoms with Gasteiger partial charge in [-0.1, -0.05) is 24.3 Å². The number of guanidine groups is 1. The van der Waals surface area contributed by atoms with E-state index in [0.717, 1.165) is 53.9 Å². The van der Waals surface area contributed by atoms with Crippen molar-refractivity contribution in [3.05, 3.63) is 53.6 Å². The standard InChI is InChI=1S/C24H28N4O3/c1-26-14-17-6-5-7-18(12-17)19-8-9-21-20(13-19)24(27-22(25)28(2)31-24)15-23(30-21)10-3-4-11-29-16-23/h5-9,12-14H,3-4,10-11,15-16H2,1-2H3,(H2,25,27). The fraction of sp³-hybridized carbons (Fsp3) is 0.417. The summed E-state index contributed by atoms with van der Waals surface area (Å²) in [4.78, 5) is 15.2. The molecule has 2 aromatic carbocycles. The van der Waals surface area contributed by atoms with E-state index in [4.69, 9.17) is 25.0 Å². The molecule has 7 heteroatoms. The van der Waals surface area contributed by atoms with E-state index in [1.54, 1.807) is 19.2 Å². The Kier molecular flexibility index (Phi) is 4.95. The largest absolute Gasteiger partial charge is 0.484 e. The summed E-state index contributed by atoms with van der Waals surface area (Å²) in [7, 11) is 3.56. The zero-order valence-electron chi connectivity index (χ0n) is 18.0. The smallest absolute Gasteiger partial charge is 0.222 e. The van der Waals surface area contributed by atoms with Gasteiger partial charge in [-0.3, -0.25) is 4.99 Å². The molecule has 2 N–H and O–H groups in total. The van der Waals surface area contributed by atoms with Crippen LogP contribution in [0.5, 0.6) is 5.75 Å². The van der Waals surface area contributed by atoms with E-state index in [1.807, 2.05) is 24.4 Å². The van der Waals surface area contributed by atoms with Gasteiger partial charge in [-0.05, 0) is 54.2 Å². The van der Waals surface area contributed by atoms with Gasteiger partial charge in [0.1, 0.15) is 11.4 Å².